The van der Waals surface area contributed by atoms with Crippen molar-refractivity contribution < 1.29 is 23.0 Å². The molecule has 0 radical (unpaired) electrons. The molecule has 170 valence electrons. The number of nitrogens with zero attached hydrogens (tertiary/aromatic N) is 1. The van der Waals surface area contributed by atoms with E-state index in [0.717, 1.165) is 43.6 Å². The standard InChI is InChI=1S/C25H24F3NO2.ClH/c26-25(27,28)21-9-5-19(6-10-21)20-7-13-24(14-8-20)31-23-11-3-18(4-12-23)16-29-15-1-2-22(29)17-30;/h3-14,22,30H,1-2,15-17H2;1H/t22-;/m1./s1. The van der Waals surface area contributed by atoms with Crippen molar-refractivity contribution in [2.45, 2.75) is 31.6 Å². The molecule has 1 aliphatic heterocycles. The second kappa shape index (κ2) is 10.4. The van der Waals surface area contributed by atoms with Gasteiger partial charge >= 0.3 is 6.18 Å². The van der Waals surface area contributed by atoms with Crippen LogP contribution in [0.2, 0.25) is 0 Å². The number of ether oxygens (including phenoxy) is 1. The monoisotopic (exact) mass is 463 g/mol. The molecule has 1 heterocycles. The Morgan fingerprint density at radius 2 is 1.38 bits per heavy atom. The number of hydrogen-bond acceptors (Lipinski definition) is 3. The minimum absolute atomic E-state index is 0. The molecule has 7 heteroatoms. The SMILES string of the molecule is Cl.OC[C@H]1CCCN1Cc1ccc(Oc2ccc(-c3ccc(C(F)(F)F)cc3)cc2)cc1. The summed E-state index contributed by atoms with van der Waals surface area (Å²) >= 11 is 0. The predicted molar refractivity (Wildman–Crippen MR) is 121 cm³/mol. The normalized spacial score (nSPS) is 16.6. The van der Waals surface area contributed by atoms with Crippen LogP contribution in [-0.2, 0) is 12.7 Å². The zero-order chi connectivity index (χ0) is 21.8. The van der Waals surface area contributed by atoms with Gasteiger partial charge in [0.25, 0.3) is 0 Å². The lowest BCUT2D eigenvalue weighted by Gasteiger charge is -2.22. The molecular formula is C25H25ClF3NO2. The maximum Gasteiger partial charge on any atom is 0.416 e. The fourth-order valence-corrected chi connectivity index (χ4v) is 3.91. The Balaban J connectivity index is 0.00000289. The minimum atomic E-state index is -4.33. The zero-order valence-electron chi connectivity index (χ0n) is 17.4. The summed E-state index contributed by atoms with van der Waals surface area (Å²) in [5, 5.41) is 9.45. The Morgan fingerprint density at radius 1 is 0.844 bits per heavy atom. The summed E-state index contributed by atoms with van der Waals surface area (Å²) in [5.41, 5.74) is 2.05. The largest absolute Gasteiger partial charge is 0.457 e. The van der Waals surface area contributed by atoms with Crippen molar-refractivity contribution in [3.63, 3.8) is 0 Å². The summed E-state index contributed by atoms with van der Waals surface area (Å²) < 4.78 is 44.0. The van der Waals surface area contributed by atoms with Gasteiger partial charge in [0, 0.05) is 12.6 Å². The average Bonchev–Trinajstić information content (AvgIpc) is 3.22. The van der Waals surface area contributed by atoms with Crippen molar-refractivity contribution in [1.29, 1.82) is 0 Å². The smallest absolute Gasteiger partial charge is 0.416 e. The molecule has 0 spiro atoms. The number of rotatable bonds is 6. The molecule has 1 fully saturated rings. The van der Waals surface area contributed by atoms with Gasteiger partial charge < -0.3 is 9.84 Å². The van der Waals surface area contributed by atoms with Crippen LogP contribution in [0.25, 0.3) is 11.1 Å². The second-order valence-electron chi connectivity index (χ2n) is 7.79. The van der Waals surface area contributed by atoms with Gasteiger partial charge in [-0.1, -0.05) is 36.4 Å². The Kier molecular flexibility index (Phi) is 7.82. The molecule has 1 atom stereocenters. The van der Waals surface area contributed by atoms with E-state index in [-0.39, 0.29) is 25.1 Å². The third kappa shape index (κ3) is 5.82. The van der Waals surface area contributed by atoms with Gasteiger partial charge in [-0.3, -0.25) is 4.90 Å². The van der Waals surface area contributed by atoms with Crippen LogP contribution in [-0.4, -0.2) is 29.2 Å². The third-order valence-corrected chi connectivity index (χ3v) is 5.65. The highest BCUT2D eigenvalue weighted by Crippen LogP contribution is 2.32. The number of aliphatic hydroxyl groups is 1. The van der Waals surface area contributed by atoms with E-state index in [4.69, 9.17) is 4.74 Å². The molecule has 4 rings (SSSR count). The second-order valence-corrected chi connectivity index (χ2v) is 7.79. The Morgan fingerprint density at radius 3 is 1.91 bits per heavy atom. The Bertz CT molecular complexity index is 990. The van der Waals surface area contributed by atoms with E-state index in [1.807, 2.05) is 36.4 Å². The number of aliphatic hydroxyl groups excluding tert-OH is 1. The summed E-state index contributed by atoms with van der Waals surface area (Å²) in [7, 11) is 0. The third-order valence-electron chi connectivity index (χ3n) is 5.65. The van der Waals surface area contributed by atoms with Crippen LogP contribution in [0.5, 0.6) is 11.5 Å². The highest BCUT2D eigenvalue weighted by Gasteiger charge is 2.30. The van der Waals surface area contributed by atoms with Gasteiger partial charge in [0.1, 0.15) is 11.5 Å². The summed E-state index contributed by atoms with van der Waals surface area (Å²) in [6.45, 7) is 2.02. The number of benzene rings is 3. The highest BCUT2D eigenvalue weighted by molar-refractivity contribution is 5.85. The zero-order valence-corrected chi connectivity index (χ0v) is 18.2. The molecule has 0 unspecified atom stereocenters. The summed E-state index contributed by atoms with van der Waals surface area (Å²) in [6.07, 6.45) is -2.17. The van der Waals surface area contributed by atoms with E-state index in [9.17, 15) is 18.3 Å². The van der Waals surface area contributed by atoms with E-state index in [2.05, 4.69) is 4.90 Å². The van der Waals surface area contributed by atoms with Crippen LogP contribution in [0, 0.1) is 0 Å². The van der Waals surface area contributed by atoms with Crippen molar-refractivity contribution in [3.8, 4) is 22.6 Å². The van der Waals surface area contributed by atoms with E-state index < -0.39 is 11.7 Å². The van der Waals surface area contributed by atoms with Gasteiger partial charge in [-0.05, 0) is 72.5 Å². The summed E-state index contributed by atoms with van der Waals surface area (Å²) in [5.74, 6) is 1.37. The highest BCUT2D eigenvalue weighted by atomic mass is 35.5. The molecular weight excluding hydrogens is 439 g/mol. The van der Waals surface area contributed by atoms with Crippen LogP contribution in [0.15, 0.2) is 72.8 Å². The maximum atomic E-state index is 12.7. The number of halogens is 4. The molecule has 1 saturated heterocycles. The first-order chi connectivity index (χ1) is 14.9. The van der Waals surface area contributed by atoms with Crippen molar-refractivity contribution in [2.75, 3.05) is 13.2 Å². The van der Waals surface area contributed by atoms with Crippen LogP contribution in [0.3, 0.4) is 0 Å². The van der Waals surface area contributed by atoms with Gasteiger partial charge in [-0.2, -0.15) is 13.2 Å². The fraction of sp³-hybridized carbons (Fsp3) is 0.280. The first-order valence-corrected chi connectivity index (χ1v) is 10.3. The molecule has 0 saturated carbocycles. The van der Waals surface area contributed by atoms with Crippen molar-refractivity contribution in [2.24, 2.45) is 0 Å². The molecule has 3 aromatic carbocycles. The van der Waals surface area contributed by atoms with E-state index in [1.54, 1.807) is 12.1 Å². The quantitative estimate of drug-likeness (QED) is 0.450. The predicted octanol–water partition coefficient (Wildman–Crippen LogP) is 6.54. The summed E-state index contributed by atoms with van der Waals surface area (Å²) in [6, 6.07) is 20.5. The Hall–Kier alpha value is -2.54. The molecule has 1 aliphatic rings. The minimum Gasteiger partial charge on any atom is -0.457 e. The molecule has 0 aromatic heterocycles. The molecule has 0 aliphatic carbocycles. The van der Waals surface area contributed by atoms with Gasteiger partial charge in [0.05, 0.1) is 12.2 Å². The van der Waals surface area contributed by atoms with Crippen molar-refractivity contribution in [3.05, 3.63) is 83.9 Å². The van der Waals surface area contributed by atoms with Gasteiger partial charge in [0.15, 0.2) is 0 Å². The van der Waals surface area contributed by atoms with E-state index >= 15 is 0 Å². The Labute approximate surface area is 191 Å². The van der Waals surface area contributed by atoms with Crippen LogP contribution < -0.4 is 4.74 Å². The molecule has 0 amide bonds. The van der Waals surface area contributed by atoms with Gasteiger partial charge in [-0.25, -0.2) is 0 Å². The van der Waals surface area contributed by atoms with Crippen LogP contribution in [0.1, 0.15) is 24.0 Å². The fourth-order valence-electron chi connectivity index (χ4n) is 3.91. The number of alkyl halides is 3. The lowest BCUT2D eigenvalue weighted by molar-refractivity contribution is -0.137. The molecule has 3 nitrogen and oxygen atoms in total. The number of hydrogen-bond donors (Lipinski definition) is 1. The van der Waals surface area contributed by atoms with E-state index in [1.165, 1.54) is 17.7 Å². The van der Waals surface area contributed by atoms with Crippen LogP contribution >= 0.6 is 12.4 Å². The van der Waals surface area contributed by atoms with Crippen molar-refractivity contribution >= 4 is 12.4 Å². The first-order valence-electron chi connectivity index (χ1n) is 10.3. The molecule has 3 aromatic rings. The number of likely N-dealkylation sites (tertiary alicyclic amines) is 1. The summed E-state index contributed by atoms with van der Waals surface area (Å²) in [4.78, 5) is 2.30. The topological polar surface area (TPSA) is 32.7 Å². The lowest BCUT2D eigenvalue weighted by atomic mass is 10.0. The van der Waals surface area contributed by atoms with Crippen LogP contribution in [0.4, 0.5) is 13.2 Å². The molecule has 32 heavy (non-hydrogen) atoms. The molecule has 0 bridgehead atoms. The average molecular weight is 464 g/mol. The maximum absolute atomic E-state index is 12.7. The van der Waals surface area contributed by atoms with E-state index in [0.29, 0.717) is 17.1 Å². The van der Waals surface area contributed by atoms with Gasteiger partial charge in [0.2, 0.25) is 0 Å². The lowest BCUT2D eigenvalue weighted by Crippen LogP contribution is -2.31. The van der Waals surface area contributed by atoms with Gasteiger partial charge in [-0.15, -0.1) is 12.4 Å². The molecule has 1 N–H and O–H groups in total. The first kappa shape index (κ1) is 24.1. The van der Waals surface area contributed by atoms with Crippen molar-refractivity contribution in [1.82, 2.24) is 4.90 Å².